The van der Waals surface area contributed by atoms with Crippen LogP contribution in [0, 0.1) is 0 Å². The molecule has 1 aromatic rings. The van der Waals surface area contributed by atoms with E-state index in [4.69, 9.17) is 4.74 Å². The van der Waals surface area contributed by atoms with Gasteiger partial charge in [-0.2, -0.15) is 13.2 Å². The number of hydrogen-bond acceptors (Lipinski definition) is 3. The number of ether oxygens (including phenoxy) is 2. The van der Waals surface area contributed by atoms with Gasteiger partial charge in [0.2, 0.25) is 0 Å². The zero-order valence-corrected chi connectivity index (χ0v) is 12.1. The average Bonchev–Trinajstić information content (AvgIpc) is 2.28. The molecule has 0 saturated carbocycles. The first kappa shape index (κ1) is 15.8. The second-order valence-corrected chi connectivity index (χ2v) is 5.16. The predicted molar refractivity (Wildman–Crippen MR) is 65.9 cm³/mol. The van der Waals surface area contributed by atoms with Gasteiger partial charge < -0.3 is 9.47 Å². The van der Waals surface area contributed by atoms with Crippen molar-refractivity contribution in [3.8, 4) is 5.75 Å². The van der Waals surface area contributed by atoms with Crippen LogP contribution in [0.15, 0.2) is 22.7 Å². The fraction of sp³-hybridized carbons (Fsp3) is 0.417. The molecule has 0 bridgehead atoms. The van der Waals surface area contributed by atoms with Crippen molar-refractivity contribution in [2.45, 2.75) is 25.6 Å². The minimum atomic E-state index is -4.58. The van der Waals surface area contributed by atoms with E-state index in [1.54, 1.807) is 0 Å². The van der Waals surface area contributed by atoms with Crippen molar-refractivity contribution in [1.82, 2.24) is 0 Å². The Morgan fingerprint density at radius 1 is 1.26 bits per heavy atom. The molecule has 0 saturated heterocycles. The molecule has 0 spiro atoms. The van der Waals surface area contributed by atoms with Crippen LogP contribution in [0.25, 0.3) is 0 Å². The lowest BCUT2D eigenvalue weighted by molar-refractivity contribution is -0.158. The van der Waals surface area contributed by atoms with E-state index >= 15 is 0 Å². The monoisotopic (exact) mass is 340 g/mol. The number of halogens is 4. The average molecular weight is 341 g/mol. The van der Waals surface area contributed by atoms with Gasteiger partial charge in [-0.05, 0) is 32.0 Å². The van der Waals surface area contributed by atoms with Gasteiger partial charge >= 0.3 is 12.1 Å². The van der Waals surface area contributed by atoms with Crippen LogP contribution in [0.3, 0.4) is 0 Å². The highest BCUT2D eigenvalue weighted by atomic mass is 79.9. The molecule has 0 aliphatic carbocycles. The lowest BCUT2D eigenvalue weighted by Crippen LogP contribution is -2.39. The molecule has 0 unspecified atom stereocenters. The quantitative estimate of drug-likeness (QED) is 0.785. The van der Waals surface area contributed by atoms with Crippen molar-refractivity contribution in [3.63, 3.8) is 0 Å². The molecule has 0 aromatic heterocycles. The summed E-state index contributed by atoms with van der Waals surface area (Å²) in [6.45, 7) is 2.67. The maximum atomic E-state index is 12.9. The van der Waals surface area contributed by atoms with Gasteiger partial charge in [0.1, 0.15) is 5.75 Å². The molecule has 0 atom stereocenters. The molecule has 7 heteroatoms. The van der Waals surface area contributed by atoms with Crippen molar-refractivity contribution in [2.75, 3.05) is 7.11 Å². The van der Waals surface area contributed by atoms with Gasteiger partial charge in [-0.15, -0.1) is 0 Å². The van der Waals surface area contributed by atoms with E-state index in [1.165, 1.54) is 19.9 Å². The summed E-state index contributed by atoms with van der Waals surface area (Å²) >= 11 is 2.96. The maximum Gasteiger partial charge on any atom is 0.420 e. The van der Waals surface area contributed by atoms with Gasteiger partial charge in [-0.25, -0.2) is 4.79 Å². The smallest absolute Gasteiger partial charge is 0.420 e. The molecule has 0 aliphatic heterocycles. The number of carbonyl (C=O) groups excluding carboxylic acids is 1. The first-order valence-electron chi connectivity index (χ1n) is 5.22. The van der Waals surface area contributed by atoms with Crippen LogP contribution in [0.4, 0.5) is 13.2 Å². The van der Waals surface area contributed by atoms with E-state index in [0.29, 0.717) is 0 Å². The molecule has 0 N–H and O–H groups in total. The number of alkyl halides is 3. The first-order valence-corrected chi connectivity index (χ1v) is 6.01. The summed E-state index contributed by atoms with van der Waals surface area (Å²) in [5.74, 6) is -1.19. The van der Waals surface area contributed by atoms with E-state index in [0.717, 1.165) is 19.2 Å². The Hall–Kier alpha value is -1.24. The summed E-state index contributed by atoms with van der Waals surface area (Å²) in [5.41, 5.74) is -2.47. The van der Waals surface area contributed by atoms with Crippen LogP contribution in [0.2, 0.25) is 0 Å². The lowest BCUT2D eigenvalue weighted by Gasteiger charge is -2.25. The van der Waals surface area contributed by atoms with Crippen LogP contribution in [0.1, 0.15) is 19.4 Å². The summed E-state index contributed by atoms with van der Waals surface area (Å²) in [6.07, 6.45) is -4.58. The van der Waals surface area contributed by atoms with Crippen molar-refractivity contribution in [3.05, 3.63) is 28.2 Å². The van der Waals surface area contributed by atoms with Crippen LogP contribution in [-0.4, -0.2) is 18.7 Å². The fourth-order valence-corrected chi connectivity index (χ4v) is 1.74. The Labute approximate surface area is 116 Å². The number of hydrogen-bond donors (Lipinski definition) is 0. The van der Waals surface area contributed by atoms with Gasteiger partial charge in [0.05, 0.1) is 12.7 Å². The molecule has 0 fully saturated rings. The minimum Gasteiger partial charge on any atom is -0.476 e. The van der Waals surface area contributed by atoms with Crippen LogP contribution in [-0.2, 0) is 15.7 Å². The second kappa shape index (κ2) is 5.40. The molecule has 0 radical (unpaired) electrons. The number of esters is 1. The predicted octanol–water partition coefficient (Wildman–Crippen LogP) is 3.80. The standard InChI is InChI=1S/C12H12BrF3O3/c1-11(2,10(17)18-3)19-9-5-4-7(13)6-8(9)12(14,15)16/h4-6H,1-3H3. The highest BCUT2D eigenvalue weighted by molar-refractivity contribution is 9.10. The van der Waals surface area contributed by atoms with Crippen LogP contribution >= 0.6 is 15.9 Å². The van der Waals surface area contributed by atoms with E-state index in [1.807, 2.05) is 0 Å². The Morgan fingerprint density at radius 2 is 1.84 bits per heavy atom. The normalized spacial score (nSPS) is 12.2. The number of benzene rings is 1. The SMILES string of the molecule is COC(=O)C(C)(C)Oc1ccc(Br)cc1C(F)(F)F. The van der Waals surface area contributed by atoms with E-state index in [9.17, 15) is 18.0 Å². The van der Waals surface area contributed by atoms with Gasteiger partial charge in [0.25, 0.3) is 0 Å². The highest BCUT2D eigenvalue weighted by Gasteiger charge is 2.38. The topological polar surface area (TPSA) is 35.5 Å². The molecule has 0 aliphatic rings. The van der Waals surface area contributed by atoms with Crippen molar-refractivity contribution in [2.24, 2.45) is 0 Å². The summed E-state index contributed by atoms with van der Waals surface area (Å²) in [6, 6.07) is 3.44. The molecule has 3 nitrogen and oxygen atoms in total. The van der Waals surface area contributed by atoms with Gasteiger partial charge in [-0.1, -0.05) is 15.9 Å². The molecule has 1 rings (SSSR count). The van der Waals surface area contributed by atoms with Gasteiger partial charge in [0, 0.05) is 4.47 Å². The van der Waals surface area contributed by atoms with Crippen LogP contribution in [0.5, 0.6) is 5.75 Å². The number of rotatable bonds is 3. The third-order valence-corrected chi connectivity index (χ3v) is 2.78. The lowest BCUT2D eigenvalue weighted by atomic mass is 10.1. The Morgan fingerprint density at radius 3 is 2.32 bits per heavy atom. The Balaban J connectivity index is 3.18. The Kier molecular flexibility index (Phi) is 4.50. The molecular formula is C12H12BrF3O3. The van der Waals surface area contributed by atoms with Crippen molar-refractivity contribution < 1.29 is 27.4 Å². The first-order chi connectivity index (χ1) is 8.58. The van der Waals surface area contributed by atoms with Crippen molar-refractivity contribution >= 4 is 21.9 Å². The van der Waals surface area contributed by atoms with E-state index < -0.39 is 29.1 Å². The second-order valence-electron chi connectivity index (χ2n) is 4.24. The fourth-order valence-electron chi connectivity index (χ4n) is 1.38. The maximum absolute atomic E-state index is 12.9. The largest absolute Gasteiger partial charge is 0.476 e. The Bertz CT molecular complexity index is 484. The zero-order valence-electron chi connectivity index (χ0n) is 10.5. The van der Waals surface area contributed by atoms with E-state index in [-0.39, 0.29) is 4.47 Å². The number of carbonyl (C=O) groups is 1. The number of methoxy groups -OCH3 is 1. The molecule has 106 valence electrons. The van der Waals surface area contributed by atoms with E-state index in [2.05, 4.69) is 20.7 Å². The third kappa shape index (κ3) is 3.86. The van der Waals surface area contributed by atoms with Gasteiger partial charge in [0.15, 0.2) is 5.60 Å². The summed E-state index contributed by atoms with van der Waals surface area (Å²) < 4.78 is 48.5. The molecular weight excluding hydrogens is 329 g/mol. The summed E-state index contributed by atoms with van der Waals surface area (Å²) in [5, 5.41) is 0. The molecule has 0 amide bonds. The molecule has 19 heavy (non-hydrogen) atoms. The summed E-state index contributed by atoms with van der Waals surface area (Å²) in [4.78, 5) is 11.4. The molecule has 1 aromatic carbocycles. The minimum absolute atomic E-state index is 0.267. The summed E-state index contributed by atoms with van der Waals surface area (Å²) in [7, 11) is 1.14. The zero-order chi connectivity index (χ0) is 14.8. The van der Waals surface area contributed by atoms with Crippen LogP contribution < -0.4 is 4.74 Å². The van der Waals surface area contributed by atoms with Crippen molar-refractivity contribution in [1.29, 1.82) is 0 Å². The van der Waals surface area contributed by atoms with Gasteiger partial charge in [-0.3, -0.25) is 0 Å². The third-order valence-electron chi connectivity index (χ3n) is 2.29. The highest BCUT2D eigenvalue weighted by Crippen LogP contribution is 2.39. The molecule has 0 heterocycles.